The summed E-state index contributed by atoms with van der Waals surface area (Å²) in [5.41, 5.74) is 6.73. The lowest BCUT2D eigenvalue weighted by atomic mass is 9.81. The molecule has 2 aliphatic carbocycles. The van der Waals surface area contributed by atoms with Gasteiger partial charge in [0, 0.05) is 52.5 Å². The molecule has 3 aliphatic rings. The van der Waals surface area contributed by atoms with Crippen molar-refractivity contribution in [3.05, 3.63) is 101 Å². The van der Waals surface area contributed by atoms with E-state index in [0.717, 1.165) is 66.0 Å². The van der Waals surface area contributed by atoms with Crippen LogP contribution >= 0.6 is 0 Å². The lowest BCUT2D eigenvalue weighted by molar-refractivity contribution is -0.131. The predicted molar refractivity (Wildman–Crippen MR) is 213 cm³/mol. The third-order valence-corrected chi connectivity index (χ3v) is 11.2. The number of hydrogen-bond acceptors (Lipinski definition) is 5. The van der Waals surface area contributed by atoms with Crippen molar-refractivity contribution in [2.75, 3.05) is 32.5 Å². The summed E-state index contributed by atoms with van der Waals surface area (Å²) in [7, 11) is 3.97. The Bertz CT molecular complexity index is 2130. The molecule has 2 fully saturated rings. The van der Waals surface area contributed by atoms with Crippen LogP contribution in [0.15, 0.2) is 78.4 Å². The van der Waals surface area contributed by atoms with Gasteiger partial charge in [-0.1, -0.05) is 74.6 Å². The van der Waals surface area contributed by atoms with E-state index in [4.69, 9.17) is 5.11 Å². The molecular formula is C44H49N5O5. The highest BCUT2D eigenvalue weighted by molar-refractivity contribution is 6.07. The number of fused-ring (bicyclic) bond motifs is 5. The topological polar surface area (TPSA) is 133 Å². The number of nitrogens with one attached hydrogen (secondary N) is 3. The number of carboxylic acid groups (broad SMARTS) is 1. The van der Waals surface area contributed by atoms with E-state index < -0.39 is 11.5 Å². The number of nitrogens with zero attached hydrogens (tertiary/aromatic N) is 2. The van der Waals surface area contributed by atoms with Crippen LogP contribution in [0.2, 0.25) is 0 Å². The average Bonchev–Trinajstić information content (AvgIpc) is 3.72. The van der Waals surface area contributed by atoms with E-state index in [1.54, 1.807) is 24.3 Å². The summed E-state index contributed by atoms with van der Waals surface area (Å²) in [5.74, 6) is -1.36. The summed E-state index contributed by atoms with van der Waals surface area (Å²) in [6.07, 6.45) is 13.0. The van der Waals surface area contributed by atoms with Gasteiger partial charge in [-0.25, -0.2) is 4.79 Å². The molecule has 0 saturated heterocycles. The largest absolute Gasteiger partial charge is 0.478 e. The minimum Gasteiger partial charge on any atom is -0.478 e. The van der Waals surface area contributed by atoms with Crippen LogP contribution in [0.5, 0.6) is 0 Å². The smallest absolute Gasteiger partial charge is 0.328 e. The number of amides is 3. The molecule has 2 saturated carbocycles. The van der Waals surface area contributed by atoms with Crippen LogP contribution in [-0.2, 0) is 20.9 Å². The van der Waals surface area contributed by atoms with Gasteiger partial charge in [0.25, 0.3) is 5.91 Å². The molecular weight excluding hydrogens is 679 g/mol. The van der Waals surface area contributed by atoms with Crippen LogP contribution in [0.3, 0.4) is 0 Å². The molecule has 0 atom stereocenters. The van der Waals surface area contributed by atoms with Gasteiger partial charge in [-0.3, -0.25) is 14.4 Å². The number of aromatic nitrogens is 1. The van der Waals surface area contributed by atoms with Gasteiger partial charge < -0.3 is 30.5 Å². The van der Waals surface area contributed by atoms with Crippen molar-refractivity contribution >= 4 is 52.4 Å². The fourth-order valence-electron chi connectivity index (χ4n) is 8.44. The number of rotatable bonds is 11. The zero-order valence-corrected chi connectivity index (χ0v) is 31.1. The number of anilines is 1. The quantitative estimate of drug-likeness (QED) is 0.121. The maximum absolute atomic E-state index is 14.2. The first-order valence-electron chi connectivity index (χ1n) is 19.2. The summed E-state index contributed by atoms with van der Waals surface area (Å²) < 4.78 is 2.24. The van der Waals surface area contributed by atoms with Crippen molar-refractivity contribution in [2.45, 2.75) is 75.8 Å². The molecule has 1 aromatic heterocycles. The van der Waals surface area contributed by atoms with Crippen LogP contribution in [0.4, 0.5) is 5.69 Å². The molecule has 280 valence electrons. The van der Waals surface area contributed by atoms with Gasteiger partial charge in [-0.15, -0.1) is 0 Å². The van der Waals surface area contributed by atoms with Gasteiger partial charge in [0.15, 0.2) is 0 Å². The maximum Gasteiger partial charge on any atom is 0.328 e. The molecule has 0 radical (unpaired) electrons. The van der Waals surface area contributed by atoms with Crippen LogP contribution in [0, 0.1) is 0 Å². The van der Waals surface area contributed by atoms with Crippen molar-refractivity contribution < 1.29 is 24.3 Å². The number of benzene rings is 3. The van der Waals surface area contributed by atoms with Gasteiger partial charge in [-0.05, 0) is 98.8 Å². The lowest BCUT2D eigenvalue weighted by Gasteiger charge is -2.29. The van der Waals surface area contributed by atoms with E-state index >= 15 is 0 Å². The number of carbonyl (C=O) groups is 4. The summed E-state index contributed by atoms with van der Waals surface area (Å²) in [6.45, 7) is 1.63. The van der Waals surface area contributed by atoms with Crippen LogP contribution in [0.25, 0.3) is 34.3 Å². The lowest BCUT2D eigenvalue weighted by Crippen LogP contribution is -2.55. The van der Waals surface area contributed by atoms with E-state index in [2.05, 4.69) is 44.8 Å². The molecule has 10 nitrogen and oxygen atoms in total. The Morgan fingerprint density at radius 2 is 1.65 bits per heavy atom. The summed E-state index contributed by atoms with van der Waals surface area (Å²) >= 11 is 0. The predicted octanol–water partition coefficient (Wildman–Crippen LogP) is 7.21. The van der Waals surface area contributed by atoms with Crippen molar-refractivity contribution in [3.8, 4) is 11.3 Å². The average molecular weight is 728 g/mol. The Hall–Kier alpha value is -5.48. The number of likely N-dealkylation sites (N-methyl/N-ethyl adjacent to an activating group) is 1. The Kier molecular flexibility index (Phi) is 10.8. The Morgan fingerprint density at radius 1 is 0.907 bits per heavy atom. The summed E-state index contributed by atoms with van der Waals surface area (Å²) in [4.78, 5) is 54.8. The normalized spacial score (nSPS) is 16.8. The molecule has 0 unspecified atom stereocenters. The first-order chi connectivity index (χ1) is 26.1. The van der Waals surface area contributed by atoms with Gasteiger partial charge in [0.05, 0.1) is 12.2 Å². The zero-order valence-electron chi connectivity index (χ0n) is 31.1. The standard InChI is InChI=1S/C44H49N5O5/c1-48(2)25-24-45-41(52)33-26-31-12-6-7-13-35(31)40-39(30-10-4-3-5-11-30)36-20-17-32(27-37(36)49(40)28-33)42(53)47-44(22-8-9-23-44)43(54)46-34-18-14-29(15-19-34)16-21-38(50)51/h6-7,12-21,26-27,30H,3-5,8-11,22-25,28H2,1-2H3,(H,45,52)(H,46,54)(H,47,53)(H,50,51)/b21-16+. The number of carboxylic acids is 1. The van der Waals surface area contributed by atoms with E-state index in [1.165, 1.54) is 30.9 Å². The molecule has 10 heteroatoms. The third kappa shape index (κ3) is 7.75. The number of hydrogen-bond donors (Lipinski definition) is 4. The minimum atomic E-state index is -1.07. The first kappa shape index (κ1) is 36.9. The maximum atomic E-state index is 14.2. The molecule has 4 N–H and O–H groups in total. The van der Waals surface area contributed by atoms with E-state index in [0.29, 0.717) is 54.2 Å². The van der Waals surface area contributed by atoms with Gasteiger partial charge in [0.2, 0.25) is 11.8 Å². The second-order valence-corrected chi connectivity index (χ2v) is 15.2. The molecule has 3 aromatic carbocycles. The second-order valence-electron chi connectivity index (χ2n) is 15.2. The fraction of sp³-hybridized carbons (Fsp3) is 0.364. The second kappa shape index (κ2) is 15.9. The molecule has 0 bridgehead atoms. The van der Waals surface area contributed by atoms with Crippen LogP contribution in [-0.4, -0.2) is 71.0 Å². The van der Waals surface area contributed by atoms with Crippen molar-refractivity contribution in [3.63, 3.8) is 0 Å². The van der Waals surface area contributed by atoms with E-state index in [9.17, 15) is 19.2 Å². The van der Waals surface area contributed by atoms with Gasteiger partial charge in [-0.2, -0.15) is 0 Å². The molecule has 4 aromatic rings. The molecule has 1 aliphatic heterocycles. The van der Waals surface area contributed by atoms with Gasteiger partial charge in [0.1, 0.15) is 5.54 Å². The molecule has 3 amide bonds. The monoisotopic (exact) mass is 727 g/mol. The Labute approximate surface area is 316 Å². The Balaban J connectivity index is 1.23. The zero-order chi connectivity index (χ0) is 37.8. The highest BCUT2D eigenvalue weighted by atomic mass is 16.4. The van der Waals surface area contributed by atoms with Crippen molar-refractivity contribution in [1.82, 2.24) is 20.1 Å². The minimum absolute atomic E-state index is 0.102. The van der Waals surface area contributed by atoms with Crippen LogP contribution in [0.1, 0.15) is 90.8 Å². The molecule has 0 spiro atoms. The van der Waals surface area contributed by atoms with Crippen molar-refractivity contribution in [2.24, 2.45) is 0 Å². The number of aliphatic carboxylic acids is 1. The highest BCUT2D eigenvalue weighted by Gasteiger charge is 2.43. The van der Waals surface area contributed by atoms with Crippen molar-refractivity contribution in [1.29, 1.82) is 0 Å². The fourth-order valence-corrected chi connectivity index (χ4v) is 8.44. The van der Waals surface area contributed by atoms with E-state index in [1.807, 2.05) is 43.3 Å². The summed E-state index contributed by atoms with van der Waals surface area (Å²) in [5, 5.41) is 19.3. The molecule has 54 heavy (non-hydrogen) atoms. The highest BCUT2D eigenvalue weighted by Crippen LogP contribution is 2.46. The third-order valence-electron chi connectivity index (χ3n) is 11.2. The number of carbonyl (C=O) groups excluding carboxylic acids is 3. The van der Waals surface area contributed by atoms with Gasteiger partial charge >= 0.3 is 5.97 Å². The SMILES string of the molecule is CN(C)CCNC(=O)C1=Cc2ccccc2-c2c(C3CCCCC3)c3ccc(C(=O)NC4(C(=O)Nc5ccc(/C=C/C(=O)O)cc5)CCCC4)cc3n2C1. The van der Waals surface area contributed by atoms with E-state index in [-0.39, 0.29) is 17.7 Å². The first-order valence-corrected chi connectivity index (χ1v) is 19.2. The summed E-state index contributed by atoms with van der Waals surface area (Å²) in [6, 6.07) is 21.1. The molecule has 7 rings (SSSR count). The molecule has 2 heterocycles. The Morgan fingerprint density at radius 3 is 2.37 bits per heavy atom. The van der Waals surface area contributed by atoms with Crippen LogP contribution < -0.4 is 16.0 Å².